The van der Waals surface area contributed by atoms with Gasteiger partial charge in [-0.1, -0.05) is 26.2 Å². The Morgan fingerprint density at radius 3 is 2.36 bits per heavy atom. The number of aliphatic carboxylic acids is 1. The molecular weight excluding hydrogens is 350 g/mol. The molecule has 0 saturated carbocycles. The van der Waals surface area contributed by atoms with Gasteiger partial charge in [0.25, 0.3) is 10.1 Å². The Morgan fingerprint density at radius 1 is 1.20 bits per heavy atom. The molecule has 1 amide bonds. The molecule has 25 heavy (non-hydrogen) atoms. The van der Waals surface area contributed by atoms with Gasteiger partial charge in [-0.2, -0.15) is 8.42 Å². The van der Waals surface area contributed by atoms with Gasteiger partial charge in [-0.3, -0.25) is 9.08 Å². The quantitative estimate of drug-likeness (QED) is 0.509. The van der Waals surface area contributed by atoms with Gasteiger partial charge in [-0.15, -0.1) is 0 Å². The van der Waals surface area contributed by atoms with E-state index in [0.717, 1.165) is 24.2 Å². The molecule has 1 saturated heterocycles. The number of hydrogen-bond donors (Lipinski definition) is 1. The van der Waals surface area contributed by atoms with Crippen molar-refractivity contribution < 1.29 is 32.0 Å². The van der Waals surface area contributed by atoms with Gasteiger partial charge in [-0.05, 0) is 27.2 Å². The van der Waals surface area contributed by atoms with Crippen molar-refractivity contribution in [3.8, 4) is 0 Å². The summed E-state index contributed by atoms with van der Waals surface area (Å²) < 4.78 is 34.4. The summed E-state index contributed by atoms with van der Waals surface area (Å²) >= 11 is 0. The molecule has 146 valence electrons. The molecule has 0 radical (unpaired) electrons. The SMILES string of the molecule is CCCCCCS(=O)(=O)O[C@H]1C[C@@H](C(=O)O)N(C(=O)OC(C)(C)C)C1. The van der Waals surface area contributed by atoms with E-state index in [0.29, 0.717) is 6.42 Å². The van der Waals surface area contributed by atoms with Crippen molar-refractivity contribution in [1.29, 1.82) is 0 Å². The van der Waals surface area contributed by atoms with Crippen LogP contribution in [0.25, 0.3) is 0 Å². The zero-order chi connectivity index (χ0) is 19.3. The van der Waals surface area contributed by atoms with Crippen LogP contribution < -0.4 is 0 Å². The van der Waals surface area contributed by atoms with E-state index in [4.69, 9.17) is 8.92 Å². The number of rotatable bonds is 8. The topological polar surface area (TPSA) is 110 Å². The highest BCUT2D eigenvalue weighted by molar-refractivity contribution is 7.86. The molecule has 9 heteroatoms. The largest absolute Gasteiger partial charge is 0.480 e. The van der Waals surface area contributed by atoms with Gasteiger partial charge in [-0.25, -0.2) is 9.59 Å². The fourth-order valence-electron chi connectivity index (χ4n) is 2.58. The second-order valence-electron chi connectivity index (χ2n) is 7.26. The van der Waals surface area contributed by atoms with Crippen molar-refractivity contribution in [3.63, 3.8) is 0 Å². The van der Waals surface area contributed by atoms with Crippen molar-refractivity contribution in [2.75, 3.05) is 12.3 Å². The highest BCUT2D eigenvalue weighted by atomic mass is 32.2. The highest BCUT2D eigenvalue weighted by Gasteiger charge is 2.43. The summed E-state index contributed by atoms with van der Waals surface area (Å²) in [5.74, 6) is -1.31. The smallest absolute Gasteiger partial charge is 0.411 e. The Hall–Kier alpha value is -1.35. The number of carbonyl (C=O) groups excluding carboxylic acids is 1. The van der Waals surface area contributed by atoms with Gasteiger partial charge in [0.2, 0.25) is 0 Å². The molecule has 1 aliphatic heterocycles. The summed E-state index contributed by atoms with van der Waals surface area (Å²) in [5.41, 5.74) is -0.773. The fraction of sp³-hybridized carbons (Fsp3) is 0.875. The maximum Gasteiger partial charge on any atom is 0.411 e. The molecule has 8 nitrogen and oxygen atoms in total. The average Bonchev–Trinajstić information content (AvgIpc) is 2.85. The second kappa shape index (κ2) is 8.84. The van der Waals surface area contributed by atoms with Crippen LogP contribution in [0.4, 0.5) is 4.79 Å². The molecule has 0 aromatic rings. The molecule has 1 heterocycles. The average molecular weight is 379 g/mol. The predicted octanol–water partition coefficient (Wildman–Crippen LogP) is 2.38. The maximum absolute atomic E-state index is 12.2. The number of hydrogen-bond acceptors (Lipinski definition) is 6. The minimum atomic E-state index is -3.75. The number of amides is 1. The van der Waals surface area contributed by atoms with Gasteiger partial charge < -0.3 is 9.84 Å². The molecule has 0 aromatic heterocycles. The van der Waals surface area contributed by atoms with Gasteiger partial charge in [0.1, 0.15) is 11.6 Å². The summed E-state index contributed by atoms with van der Waals surface area (Å²) in [7, 11) is -3.75. The Labute approximate surface area is 149 Å². The number of carbonyl (C=O) groups is 2. The molecule has 1 aliphatic rings. The Morgan fingerprint density at radius 2 is 1.84 bits per heavy atom. The van der Waals surface area contributed by atoms with Crippen molar-refractivity contribution in [3.05, 3.63) is 0 Å². The first-order chi connectivity index (χ1) is 11.4. The van der Waals surface area contributed by atoms with Crippen LogP contribution in [0, 0.1) is 0 Å². The van der Waals surface area contributed by atoms with Gasteiger partial charge >= 0.3 is 12.1 Å². The minimum absolute atomic E-state index is 0.0806. The third-order valence-electron chi connectivity index (χ3n) is 3.71. The molecular formula is C16H29NO7S. The Kier molecular flexibility index (Phi) is 7.67. The van der Waals surface area contributed by atoms with Gasteiger partial charge in [0, 0.05) is 6.42 Å². The van der Waals surface area contributed by atoms with Crippen LogP contribution >= 0.6 is 0 Å². The van der Waals surface area contributed by atoms with E-state index in [2.05, 4.69) is 0 Å². The van der Waals surface area contributed by atoms with E-state index in [1.807, 2.05) is 6.92 Å². The van der Waals surface area contributed by atoms with Crippen LogP contribution in [0.2, 0.25) is 0 Å². The van der Waals surface area contributed by atoms with Crippen LogP contribution in [0.1, 0.15) is 59.8 Å². The lowest BCUT2D eigenvalue weighted by Crippen LogP contribution is -2.43. The molecule has 0 spiro atoms. The van der Waals surface area contributed by atoms with Crippen molar-refractivity contribution in [1.82, 2.24) is 4.90 Å². The van der Waals surface area contributed by atoms with Crippen molar-refractivity contribution in [2.24, 2.45) is 0 Å². The monoisotopic (exact) mass is 379 g/mol. The van der Waals surface area contributed by atoms with E-state index >= 15 is 0 Å². The van der Waals surface area contributed by atoms with Crippen LogP contribution in [0.15, 0.2) is 0 Å². The van der Waals surface area contributed by atoms with E-state index in [-0.39, 0.29) is 18.7 Å². The molecule has 0 unspecified atom stereocenters. The molecule has 0 aromatic carbocycles. The number of likely N-dealkylation sites (tertiary alicyclic amines) is 1. The lowest BCUT2D eigenvalue weighted by Gasteiger charge is -2.26. The zero-order valence-electron chi connectivity index (χ0n) is 15.4. The standard InChI is InChI=1S/C16H29NO7S/c1-5-6-7-8-9-25(21,22)24-12-10-13(14(18)19)17(11-12)15(20)23-16(2,3)4/h12-13H,5-11H2,1-4H3,(H,18,19)/t12-,13-/m0/s1. The van der Waals surface area contributed by atoms with Crippen LogP contribution in [0.3, 0.4) is 0 Å². The van der Waals surface area contributed by atoms with E-state index < -0.39 is 39.9 Å². The zero-order valence-corrected chi connectivity index (χ0v) is 16.2. The van der Waals surface area contributed by atoms with E-state index in [9.17, 15) is 23.1 Å². The summed E-state index contributed by atoms with van der Waals surface area (Å²) in [6.45, 7) is 6.92. The Bertz CT molecular complexity index is 568. The summed E-state index contributed by atoms with van der Waals surface area (Å²) in [6, 6.07) is -1.16. The van der Waals surface area contributed by atoms with E-state index in [1.165, 1.54) is 0 Å². The van der Waals surface area contributed by atoms with Crippen molar-refractivity contribution in [2.45, 2.75) is 77.5 Å². The van der Waals surface area contributed by atoms with Crippen LogP contribution in [-0.2, 0) is 23.8 Å². The highest BCUT2D eigenvalue weighted by Crippen LogP contribution is 2.25. The molecule has 0 bridgehead atoms. The minimum Gasteiger partial charge on any atom is -0.480 e. The fourth-order valence-corrected chi connectivity index (χ4v) is 3.79. The van der Waals surface area contributed by atoms with Gasteiger partial charge in [0.15, 0.2) is 0 Å². The third kappa shape index (κ3) is 7.60. The number of nitrogens with zero attached hydrogens (tertiary/aromatic N) is 1. The summed E-state index contributed by atoms with van der Waals surface area (Å²) in [6.07, 6.45) is 1.51. The lowest BCUT2D eigenvalue weighted by molar-refractivity contribution is -0.142. The number of unbranched alkanes of at least 4 members (excludes halogenated alkanes) is 3. The van der Waals surface area contributed by atoms with Crippen LogP contribution in [-0.4, -0.2) is 60.5 Å². The first-order valence-electron chi connectivity index (χ1n) is 8.58. The number of ether oxygens (including phenoxy) is 1. The third-order valence-corrected chi connectivity index (χ3v) is 5.06. The molecule has 1 N–H and O–H groups in total. The molecule has 2 atom stereocenters. The number of carboxylic acids is 1. The lowest BCUT2D eigenvalue weighted by atomic mass is 10.2. The number of carboxylic acid groups (broad SMARTS) is 1. The first-order valence-corrected chi connectivity index (χ1v) is 10.2. The second-order valence-corrected chi connectivity index (χ2v) is 8.98. The molecule has 1 rings (SSSR count). The summed E-state index contributed by atoms with van der Waals surface area (Å²) in [5, 5.41) is 9.29. The normalized spacial score (nSPS) is 21.4. The Balaban J connectivity index is 2.68. The van der Waals surface area contributed by atoms with Gasteiger partial charge in [0.05, 0.1) is 18.4 Å². The van der Waals surface area contributed by atoms with Crippen LogP contribution in [0.5, 0.6) is 0 Å². The first kappa shape index (κ1) is 21.7. The molecule has 0 aliphatic carbocycles. The summed E-state index contributed by atoms with van der Waals surface area (Å²) in [4.78, 5) is 24.6. The molecule has 1 fully saturated rings. The van der Waals surface area contributed by atoms with E-state index in [1.54, 1.807) is 20.8 Å². The van der Waals surface area contributed by atoms with Crippen molar-refractivity contribution >= 4 is 22.2 Å². The predicted molar refractivity (Wildman–Crippen MR) is 91.8 cm³/mol. The maximum atomic E-state index is 12.2.